The van der Waals surface area contributed by atoms with E-state index in [0.29, 0.717) is 29.3 Å². The summed E-state index contributed by atoms with van der Waals surface area (Å²) in [4.78, 5) is 20.1. The third-order valence-corrected chi connectivity index (χ3v) is 3.07. The first kappa shape index (κ1) is 10.4. The van der Waals surface area contributed by atoms with Crippen molar-refractivity contribution >= 4 is 17.4 Å². The molecule has 1 heterocycles. The molecule has 1 aliphatic carbocycles. The van der Waals surface area contributed by atoms with Crippen molar-refractivity contribution in [2.45, 2.75) is 12.8 Å². The topological polar surface area (TPSA) is 42.9 Å². The van der Waals surface area contributed by atoms with Crippen LogP contribution in [-0.4, -0.2) is 15.8 Å². The molecule has 0 atom stereocenters. The van der Waals surface area contributed by atoms with E-state index in [0.717, 1.165) is 11.3 Å². The summed E-state index contributed by atoms with van der Waals surface area (Å²) in [5, 5.41) is 0.655. The molecule has 1 aliphatic rings. The first-order chi connectivity index (χ1) is 8.24. The SMILES string of the molecule is O=C1CCc2nc(-c3cccc(Cl)c3)ncc21. The predicted octanol–water partition coefficient (Wildman–Crippen LogP) is 2.93. The quantitative estimate of drug-likeness (QED) is 0.775. The zero-order chi connectivity index (χ0) is 11.8. The van der Waals surface area contributed by atoms with Crippen LogP contribution in [-0.2, 0) is 6.42 Å². The molecular formula is C13H9ClN2O. The van der Waals surface area contributed by atoms with Crippen LogP contribution in [0.5, 0.6) is 0 Å². The minimum Gasteiger partial charge on any atom is -0.294 e. The Bertz CT molecular complexity index is 610. The van der Waals surface area contributed by atoms with Crippen LogP contribution in [0.1, 0.15) is 22.5 Å². The number of rotatable bonds is 1. The number of benzene rings is 1. The average molecular weight is 245 g/mol. The first-order valence-electron chi connectivity index (χ1n) is 5.39. The Morgan fingerprint density at radius 3 is 2.94 bits per heavy atom. The van der Waals surface area contributed by atoms with E-state index in [1.807, 2.05) is 24.3 Å². The highest BCUT2D eigenvalue weighted by Gasteiger charge is 2.21. The average Bonchev–Trinajstić information content (AvgIpc) is 2.71. The van der Waals surface area contributed by atoms with E-state index in [1.165, 1.54) is 0 Å². The van der Waals surface area contributed by atoms with Crippen LogP contribution in [0.3, 0.4) is 0 Å². The molecule has 3 nitrogen and oxygen atoms in total. The number of aryl methyl sites for hydroxylation is 1. The first-order valence-corrected chi connectivity index (χ1v) is 5.77. The zero-order valence-corrected chi connectivity index (χ0v) is 9.74. The lowest BCUT2D eigenvalue weighted by atomic mass is 10.2. The van der Waals surface area contributed by atoms with E-state index >= 15 is 0 Å². The number of halogens is 1. The van der Waals surface area contributed by atoms with Crippen molar-refractivity contribution in [3.05, 3.63) is 46.7 Å². The van der Waals surface area contributed by atoms with Crippen LogP contribution < -0.4 is 0 Å². The van der Waals surface area contributed by atoms with Gasteiger partial charge in [0.1, 0.15) is 0 Å². The molecule has 0 saturated heterocycles. The Hall–Kier alpha value is -1.74. The fourth-order valence-electron chi connectivity index (χ4n) is 1.97. The number of Topliss-reactive ketones (excluding diaryl/α,β-unsaturated/α-hetero) is 1. The van der Waals surface area contributed by atoms with Gasteiger partial charge >= 0.3 is 0 Å². The fraction of sp³-hybridized carbons (Fsp3) is 0.154. The lowest BCUT2D eigenvalue weighted by Gasteiger charge is -2.02. The van der Waals surface area contributed by atoms with Crippen LogP contribution in [0.2, 0.25) is 5.02 Å². The molecule has 84 valence electrons. The van der Waals surface area contributed by atoms with Gasteiger partial charge in [0.25, 0.3) is 0 Å². The summed E-state index contributed by atoms with van der Waals surface area (Å²) in [5.41, 5.74) is 2.38. The van der Waals surface area contributed by atoms with Crippen LogP contribution in [0.15, 0.2) is 30.5 Å². The Labute approximate surface area is 103 Å². The van der Waals surface area contributed by atoms with Gasteiger partial charge in [-0.2, -0.15) is 0 Å². The molecule has 0 fully saturated rings. The minimum absolute atomic E-state index is 0.137. The normalized spacial score (nSPS) is 13.8. The van der Waals surface area contributed by atoms with Crippen molar-refractivity contribution in [1.82, 2.24) is 9.97 Å². The van der Waals surface area contributed by atoms with Crippen LogP contribution in [0, 0.1) is 0 Å². The van der Waals surface area contributed by atoms with E-state index in [-0.39, 0.29) is 5.78 Å². The maximum Gasteiger partial charge on any atom is 0.166 e. The number of ketones is 1. The third kappa shape index (κ3) is 1.83. The second-order valence-electron chi connectivity index (χ2n) is 3.99. The Balaban J connectivity index is 2.09. The molecule has 0 aliphatic heterocycles. The van der Waals surface area contributed by atoms with Gasteiger partial charge < -0.3 is 0 Å². The monoisotopic (exact) mass is 244 g/mol. The van der Waals surface area contributed by atoms with Crippen molar-refractivity contribution in [2.75, 3.05) is 0 Å². The van der Waals surface area contributed by atoms with Crippen LogP contribution in [0.4, 0.5) is 0 Å². The Kier molecular flexibility index (Phi) is 2.41. The number of carbonyl (C=O) groups is 1. The largest absolute Gasteiger partial charge is 0.294 e. The van der Waals surface area contributed by atoms with E-state index in [2.05, 4.69) is 9.97 Å². The van der Waals surface area contributed by atoms with Gasteiger partial charge in [-0.15, -0.1) is 0 Å². The van der Waals surface area contributed by atoms with E-state index < -0.39 is 0 Å². The van der Waals surface area contributed by atoms with Crippen molar-refractivity contribution in [3.8, 4) is 11.4 Å². The van der Waals surface area contributed by atoms with Crippen LogP contribution >= 0.6 is 11.6 Å². The highest BCUT2D eigenvalue weighted by atomic mass is 35.5. The van der Waals surface area contributed by atoms with Gasteiger partial charge in [-0.05, 0) is 18.6 Å². The number of fused-ring (bicyclic) bond motifs is 1. The summed E-state index contributed by atoms with van der Waals surface area (Å²) in [5.74, 6) is 0.763. The smallest absolute Gasteiger partial charge is 0.166 e. The lowest BCUT2D eigenvalue weighted by Crippen LogP contribution is -1.97. The summed E-state index contributed by atoms with van der Waals surface area (Å²) in [6, 6.07) is 7.39. The maximum atomic E-state index is 11.5. The van der Waals surface area contributed by atoms with Crippen molar-refractivity contribution in [1.29, 1.82) is 0 Å². The standard InChI is InChI=1S/C13H9ClN2O/c14-9-3-1-2-8(6-9)13-15-7-10-11(16-13)4-5-12(10)17/h1-3,6-7H,4-5H2. The molecule has 17 heavy (non-hydrogen) atoms. The minimum atomic E-state index is 0.137. The summed E-state index contributed by atoms with van der Waals surface area (Å²) in [7, 11) is 0. The van der Waals surface area contributed by atoms with E-state index in [1.54, 1.807) is 6.20 Å². The highest BCUT2D eigenvalue weighted by molar-refractivity contribution is 6.30. The van der Waals surface area contributed by atoms with Gasteiger partial charge in [0.05, 0.1) is 11.3 Å². The Morgan fingerprint density at radius 2 is 2.12 bits per heavy atom. The number of hydrogen-bond acceptors (Lipinski definition) is 3. The van der Waals surface area contributed by atoms with Gasteiger partial charge in [0.2, 0.25) is 0 Å². The molecule has 1 aromatic carbocycles. The van der Waals surface area contributed by atoms with Gasteiger partial charge in [-0.25, -0.2) is 9.97 Å². The molecule has 0 spiro atoms. The maximum absolute atomic E-state index is 11.5. The molecule has 0 bridgehead atoms. The van der Waals surface area contributed by atoms with Gasteiger partial charge in [-0.3, -0.25) is 4.79 Å². The number of carbonyl (C=O) groups excluding carboxylic acids is 1. The van der Waals surface area contributed by atoms with Gasteiger partial charge in [0.15, 0.2) is 11.6 Å². The predicted molar refractivity (Wildman–Crippen MR) is 65.1 cm³/mol. The third-order valence-electron chi connectivity index (χ3n) is 2.84. The highest BCUT2D eigenvalue weighted by Crippen LogP contribution is 2.24. The summed E-state index contributed by atoms with van der Waals surface area (Å²) >= 11 is 5.93. The number of nitrogens with zero attached hydrogens (tertiary/aromatic N) is 2. The second-order valence-corrected chi connectivity index (χ2v) is 4.42. The van der Waals surface area contributed by atoms with Gasteiger partial charge in [-0.1, -0.05) is 23.7 Å². The fourth-order valence-corrected chi connectivity index (χ4v) is 2.16. The molecule has 1 aromatic heterocycles. The zero-order valence-electron chi connectivity index (χ0n) is 8.98. The molecule has 4 heteroatoms. The lowest BCUT2D eigenvalue weighted by molar-refractivity contribution is 0.0994. The molecule has 2 aromatic rings. The number of hydrogen-bond donors (Lipinski definition) is 0. The second kappa shape index (κ2) is 3.93. The molecule has 0 unspecified atom stereocenters. The van der Waals surface area contributed by atoms with E-state index in [9.17, 15) is 4.79 Å². The van der Waals surface area contributed by atoms with E-state index in [4.69, 9.17) is 11.6 Å². The van der Waals surface area contributed by atoms with Gasteiger partial charge in [0, 0.05) is 23.2 Å². The Morgan fingerprint density at radius 1 is 1.24 bits per heavy atom. The molecular weight excluding hydrogens is 236 g/mol. The molecule has 0 radical (unpaired) electrons. The summed E-state index contributed by atoms with van der Waals surface area (Å²) in [6.07, 6.45) is 2.88. The molecule has 0 N–H and O–H groups in total. The number of aromatic nitrogens is 2. The van der Waals surface area contributed by atoms with Crippen molar-refractivity contribution in [3.63, 3.8) is 0 Å². The van der Waals surface area contributed by atoms with Crippen molar-refractivity contribution < 1.29 is 4.79 Å². The van der Waals surface area contributed by atoms with Crippen LogP contribution in [0.25, 0.3) is 11.4 Å². The molecule has 0 saturated carbocycles. The van der Waals surface area contributed by atoms with Crippen molar-refractivity contribution in [2.24, 2.45) is 0 Å². The molecule has 3 rings (SSSR count). The molecule has 0 amide bonds. The summed E-state index contributed by atoms with van der Waals surface area (Å²) < 4.78 is 0. The summed E-state index contributed by atoms with van der Waals surface area (Å²) in [6.45, 7) is 0.